The molecule has 0 radical (unpaired) electrons. The molecule has 0 amide bonds. The Hall–Kier alpha value is -5.35. The predicted molar refractivity (Wildman–Crippen MR) is 171 cm³/mol. The number of hydrogen-bond donors (Lipinski definition) is 4. The molecule has 0 fully saturated rings. The summed E-state index contributed by atoms with van der Waals surface area (Å²) in [6.45, 7) is 0. The molecular formula is C32H29ClN8O2. The molecule has 1 aliphatic rings. The lowest BCUT2D eigenvalue weighted by atomic mass is 9.99. The molecular weight excluding hydrogens is 564 g/mol. The van der Waals surface area contributed by atoms with Gasteiger partial charge >= 0.3 is 0 Å². The van der Waals surface area contributed by atoms with Gasteiger partial charge in [-0.3, -0.25) is 0 Å². The van der Waals surface area contributed by atoms with Crippen LogP contribution in [0.15, 0.2) is 102 Å². The van der Waals surface area contributed by atoms with Crippen molar-refractivity contribution in [3.8, 4) is 11.5 Å². The number of aromatic nitrogens is 3. The van der Waals surface area contributed by atoms with Gasteiger partial charge in [-0.1, -0.05) is 35.9 Å². The average Bonchev–Trinajstić information content (AvgIpc) is 3.53. The largest absolute Gasteiger partial charge is 0.497 e. The predicted octanol–water partition coefficient (Wildman–Crippen LogP) is 7.21. The van der Waals surface area contributed by atoms with E-state index in [1.54, 1.807) is 14.2 Å². The highest BCUT2D eigenvalue weighted by molar-refractivity contribution is 6.30. The quantitative estimate of drug-likeness (QED) is 0.133. The molecule has 10 nitrogen and oxygen atoms in total. The molecule has 0 spiro atoms. The van der Waals surface area contributed by atoms with Crippen LogP contribution < -0.4 is 30.8 Å². The molecule has 0 bridgehead atoms. The molecule has 1 aromatic heterocycles. The van der Waals surface area contributed by atoms with E-state index in [2.05, 4.69) is 41.4 Å². The van der Waals surface area contributed by atoms with E-state index in [0.29, 0.717) is 17.8 Å². The van der Waals surface area contributed by atoms with Crippen molar-refractivity contribution in [3.63, 3.8) is 0 Å². The lowest BCUT2D eigenvalue weighted by molar-refractivity contribution is 0.415. The molecule has 1 unspecified atom stereocenters. The van der Waals surface area contributed by atoms with Crippen molar-refractivity contribution in [2.75, 3.05) is 30.2 Å². The zero-order valence-electron chi connectivity index (χ0n) is 23.5. The van der Waals surface area contributed by atoms with Gasteiger partial charge in [0.25, 0.3) is 0 Å². The summed E-state index contributed by atoms with van der Waals surface area (Å²) in [5.41, 5.74) is 8.84. The Morgan fingerprint density at radius 1 is 0.628 bits per heavy atom. The van der Waals surface area contributed by atoms with Crippen molar-refractivity contribution in [3.05, 3.63) is 113 Å². The third kappa shape index (κ3) is 6.94. The molecule has 0 saturated heterocycles. The minimum absolute atomic E-state index is 0.114. The van der Waals surface area contributed by atoms with Crippen LogP contribution in [0.25, 0.3) is 0 Å². The molecule has 11 heteroatoms. The minimum atomic E-state index is 0.114. The van der Waals surface area contributed by atoms with Crippen LogP contribution in [0.5, 0.6) is 11.5 Å². The van der Waals surface area contributed by atoms with Crippen LogP contribution >= 0.6 is 11.6 Å². The van der Waals surface area contributed by atoms with Crippen LogP contribution in [-0.4, -0.2) is 34.9 Å². The monoisotopic (exact) mass is 592 g/mol. The van der Waals surface area contributed by atoms with Gasteiger partial charge in [0, 0.05) is 28.5 Å². The number of methoxy groups -OCH3 is 2. The van der Waals surface area contributed by atoms with E-state index < -0.39 is 0 Å². The van der Waals surface area contributed by atoms with Crippen molar-refractivity contribution in [2.24, 2.45) is 5.10 Å². The van der Waals surface area contributed by atoms with Crippen LogP contribution in [0.3, 0.4) is 0 Å². The summed E-state index contributed by atoms with van der Waals surface area (Å²) >= 11 is 6.04. The van der Waals surface area contributed by atoms with Crippen LogP contribution in [0.4, 0.5) is 34.9 Å². The molecule has 1 atom stereocenters. The summed E-state index contributed by atoms with van der Waals surface area (Å²) in [7, 11) is 3.26. The normalized spacial score (nSPS) is 13.9. The third-order valence-corrected chi connectivity index (χ3v) is 7.08. The fourth-order valence-corrected chi connectivity index (χ4v) is 4.66. The van der Waals surface area contributed by atoms with Crippen molar-refractivity contribution >= 4 is 52.2 Å². The maximum atomic E-state index is 6.04. The molecule has 4 N–H and O–H groups in total. The zero-order chi connectivity index (χ0) is 29.6. The first kappa shape index (κ1) is 27.8. The maximum Gasteiger partial charge on any atom is 0.233 e. The lowest BCUT2D eigenvalue weighted by Gasteiger charge is -2.12. The summed E-state index contributed by atoms with van der Waals surface area (Å²) in [4.78, 5) is 13.8. The van der Waals surface area contributed by atoms with Crippen molar-refractivity contribution < 1.29 is 9.47 Å². The number of rotatable bonds is 10. The van der Waals surface area contributed by atoms with Gasteiger partial charge in [-0.15, -0.1) is 0 Å². The molecule has 2 heterocycles. The van der Waals surface area contributed by atoms with Crippen LogP contribution in [-0.2, 0) is 0 Å². The van der Waals surface area contributed by atoms with Gasteiger partial charge in [0.05, 0.1) is 26.0 Å². The topological polar surface area (TPSA) is 118 Å². The molecule has 4 aromatic carbocycles. The van der Waals surface area contributed by atoms with Gasteiger partial charge in [-0.05, 0) is 83.9 Å². The summed E-state index contributed by atoms with van der Waals surface area (Å²) in [6, 6.07) is 31.0. The van der Waals surface area contributed by atoms with E-state index in [4.69, 9.17) is 21.1 Å². The zero-order valence-corrected chi connectivity index (χ0v) is 24.3. The number of benzene rings is 4. The van der Waals surface area contributed by atoms with E-state index in [-0.39, 0.29) is 6.04 Å². The number of halogens is 1. The number of hydrazone groups is 1. The van der Waals surface area contributed by atoms with E-state index in [0.717, 1.165) is 56.8 Å². The fourth-order valence-electron chi connectivity index (χ4n) is 4.54. The smallest absolute Gasteiger partial charge is 0.233 e. The van der Waals surface area contributed by atoms with Crippen LogP contribution in [0, 0.1) is 0 Å². The Morgan fingerprint density at radius 3 is 1.51 bits per heavy atom. The van der Waals surface area contributed by atoms with Crippen molar-refractivity contribution in [1.82, 2.24) is 20.4 Å². The standard InChI is InChI=1S/C32H29ClN8O2/c1-42-26-15-11-24(12-16-26)35-31-37-30(38-32(39-31)36-25-13-17-27(43-2)18-14-25)34-23-9-5-21(6-10-23)29-19-28(40-41-29)20-3-7-22(33)8-4-20/h3-18,28,40H,19H2,1-2H3,(H3,34,35,36,37,38,39). The Kier molecular flexibility index (Phi) is 8.19. The van der Waals surface area contributed by atoms with Gasteiger partial charge in [-0.25, -0.2) is 0 Å². The van der Waals surface area contributed by atoms with Crippen LogP contribution in [0.1, 0.15) is 23.6 Å². The maximum absolute atomic E-state index is 6.04. The summed E-state index contributed by atoms with van der Waals surface area (Å²) < 4.78 is 10.5. The van der Waals surface area contributed by atoms with Gasteiger partial charge in [0.1, 0.15) is 11.5 Å². The highest BCUT2D eigenvalue weighted by atomic mass is 35.5. The van der Waals surface area contributed by atoms with E-state index >= 15 is 0 Å². The number of nitrogens with one attached hydrogen (secondary N) is 4. The average molecular weight is 593 g/mol. The first-order valence-corrected chi connectivity index (χ1v) is 14.0. The fraction of sp³-hybridized carbons (Fsp3) is 0.125. The Balaban J connectivity index is 1.19. The second-order valence-electron chi connectivity index (χ2n) is 9.71. The van der Waals surface area contributed by atoms with Gasteiger partial charge < -0.3 is 30.8 Å². The molecule has 1 aliphatic heterocycles. The lowest BCUT2D eigenvalue weighted by Crippen LogP contribution is -2.09. The molecule has 0 saturated carbocycles. The first-order chi connectivity index (χ1) is 21.0. The summed E-state index contributed by atoms with van der Waals surface area (Å²) in [5, 5.41) is 15.1. The SMILES string of the molecule is COc1ccc(Nc2nc(Nc3ccc(OC)cc3)nc(Nc3ccc(C4=NNC(c5ccc(Cl)cc5)C4)cc3)n2)cc1. The first-order valence-electron chi connectivity index (χ1n) is 13.6. The number of hydrogen-bond acceptors (Lipinski definition) is 10. The van der Waals surface area contributed by atoms with Crippen molar-refractivity contribution in [2.45, 2.75) is 12.5 Å². The van der Waals surface area contributed by atoms with Gasteiger partial charge in [0.2, 0.25) is 17.8 Å². The van der Waals surface area contributed by atoms with Gasteiger partial charge in [-0.2, -0.15) is 20.1 Å². The third-order valence-electron chi connectivity index (χ3n) is 6.83. The summed E-state index contributed by atoms with van der Waals surface area (Å²) in [5.74, 6) is 2.63. The molecule has 216 valence electrons. The van der Waals surface area contributed by atoms with E-state index in [9.17, 15) is 0 Å². The molecule has 43 heavy (non-hydrogen) atoms. The number of anilines is 6. The number of nitrogens with zero attached hydrogens (tertiary/aromatic N) is 4. The summed E-state index contributed by atoms with van der Waals surface area (Å²) in [6.07, 6.45) is 0.780. The molecule has 6 rings (SSSR count). The minimum Gasteiger partial charge on any atom is -0.497 e. The Morgan fingerprint density at radius 2 is 1.07 bits per heavy atom. The Bertz CT molecular complexity index is 1640. The van der Waals surface area contributed by atoms with E-state index in [1.807, 2.05) is 97.1 Å². The van der Waals surface area contributed by atoms with Crippen LogP contribution in [0.2, 0.25) is 5.02 Å². The highest BCUT2D eigenvalue weighted by Crippen LogP contribution is 2.27. The molecule has 0 aliphatic carbocycles. The van der Waals surface area contributed by atoms with Gasteiger partial charge in [0.15, 0.2) is 0 Å². The second-order valence-corrected chi connectivity index (χ2v) is 10.1. The highest BCUT2D eigenvalue weighted by Gasteiger charge is 2.21. The second kappa shape index (κ2) is 12.7. The number of ether oxygens (including phenoxy) is 2. The van der Waals surface area contributed by atoms with E-state index in [1.165, 1.54) is 0 Å². The Labute approximate surface area is 254 Å². The molecule has 5 aromatic rings. The van der Waals surface area contributed by atoms with Crippen molar-refractivity contribution in [1.29, 1.82) is 0 Å².